The van der Waals surface area contributed by atoms with Gasteiger partial charge in [0, 0.05) is 18.2 Å². The molecule has 4 rings (SSSR count). The van der Waals surface area contributed by atoms with Gasteiger partial charge in [0.15, 0.2) is 0 Å². The first-order valence-corrected chi connectivity index (χ1v) is 9.98. The summed E-state index contributed by atoms with van der Waals surface area (Å²) in [6.07, 6.45) is 3.97. The molecule has 2 aromatic carbocycles. The standard InChI is InChI=1S/C23H24FN3O3/c1-2-3-15-4-6-16(7-5-15)22-19-12-26(13-21(29)27(19)20(22)14-28)23(30)25-18-10-8-17(24)9-11-18/h2-11,19-20,22,28H,12-14H2,1H3,(H,25,30)/t19-,20-,22+/m1/s1. The van der Waals surface area contributed by atoms with Crippen LogP contribution in [0.3, 0.4) is 0 Å². The molecule has 6 nitrogen and oxygen atoms in total. The average molecular weight is 409 g/mol. The molecule has 3 atom stereocenters. The van der Waals surface area contributed by atoms with E-state index in [-0.39, 0.29) is 42.9 Å². The summed E-state index contributed by atoms with van der Waals surface area (Å²) in [5.41, 5.74) is 2.59. The van der Waals surface area contributed by atoms with Crippen molar-refractivity contribution < 1.29 is 19.1 Å². The van der Waals surface area contributed by atoms with Crippen LogP contribution in [0.15, 0.2) is 54.6 Å². The van der Waals surface area contributed by atoms with Gasteiger partial charge in [-0.25, -0.2) is 9.18 Å². The molecule has 0 radical (unpaired) electrons. The number of urea groups is 1. The molecule has 2 aliphatic rings. The largest absolute Gasteiger partial charge is 0.394 e. The Kier molecular flexibility index (Phi) is 5.55. The number of nitrogens with zero attached hydrogens (tertiary/aromatic N) is 2. The number of anilines is 1. The van der Waals surface area contributed by atoms with Crippen molar-refractivity contribution in [2.24, 2.45) is 0 Å². The molecule has 2 aliphatic heterocycles. The lowest BCUT2D eigenvalue weighted by Crippen LogP contribution is -2.73. The van der Waals surface area contributed by atoms with E-state index in [0.717, 1.165) is 11.1 Å². The van der Waals surface area contributed by atoms with Crippen LogP contribution in [-0.4, -0.2) is 58.6 Å². The van der Waals surface area contributed by atoms with E-state index >= 15 is 0 Å². The molecule has 2 fully saturated rings. The smallest absolute Gasteiger partial charge is 0.322 e. The summed E-state index contributed by atoms with van der Waals surface area (Å²) in [6, 6.07) is 12.7. The van der Waals surface area contributed by atoms with Gasteiger partial charge in [-0.05, 0) is 42.3 Å². The number of hydrogen-bond donors (Lipinski definition) is 2. The van der Waals surface area contributed by atoms with Gasteiger partial charge < -0.3 is 20.2 Å². The Morgan fingerprint density at radius 3 is 2.53 bits per heavy atom. The minimum atomic E-state index is -0.399. The van der Waals surface area contributed by atoms with Crippen molar-refractivity contribution in [3.8, 4) is 0 Å². The molecule has 2 saturated heterocycles. The van der Waals surface area contributed by atoms with Crippen LogP contribution >= 0.6 is 0 Å². The molecule has 0 aliphatic carbocycles. The maximum Gasteiger partial charge on any atom is 0.322 e. The van der Waals surface area contributed by atoms with Crippen LogP contribution in [0.1, 0.15) is 24.0 Å². The van der Waals surface area contributed by atoms with Crippen LogP contribution in [0.4, 0.5) is 14.9 Å². The molecule has 30 heavy (non-hydrogen) atoms. The molecule has 0 aromatic heterocycles. The molecule has 2 aromatic rings. The molecule has 3 amide bonds. The SMILES string of the molecule is CC=Cc1ccc([C@@H]2[C@@H](CO)N3C(=O)CN(C(=O)Nc4ccc(F)cc4)C[C@H]23)cc1. The lowest BCUT2D eigenvalue weighted by atomic mass is 9.73. The van der Waals surface area contributed by atoms with Gasteiger partial charge in [-0.3, -0.25) is 4.79 Å². The molecule has 2 heterocycles. The van der Waals surface area contributed by atoms with Crippen molar-refractivity contribution in [1.29, 1.82) is 0 Å². The fourth-order valence-corrected chi connectivity index (χ4v) is 4.41. The van der Waals surface area contributed by atoms with Crippen molar-refractivity contribution in [2.45, 2.75) is 24.9 Å². The number of aliphatic hydroxyl groups is 1. The van der Waals surface area contributed by atoms with Crippen LogP contribution < -0.4 is 5.32 Å². The van der Waals surface area contributed by atoms with E-state index in [9.17, 15) is 19.1 Å². The summed E-state index contributed by atoms with van der Waals surface area (Å²) >= 11 is 0. The number of carbonyl (C=O) groups excluding carboxylic acids is 2. The van der Waals surface area contributed by atoms with Gasteiger partial charge in [0.2, 0.25) is 5.91 Å². The van der Waals surface area contributed by atoms with Crippen LogP contribution in [0.5, 0.6) is 0 Å². The Morgan fingerprint density at radius 1 is 1.20 bits per heavy atom. The number of amides is 3. The third kappa shape index (κ3) is 3.68. The van der Waals surface area contributed by atoms with Gasteiger partial charge in [0.1, 0.15) is 12.4 Å². The maximum absolute atomic E-state index is 13.1. The number of rotatable bonds is 4. The zero-order valence-corrected chi connectivity index (χ0v) is 16.7. The predicted octanol–water partition coefficient (Wildman–Crippen LogP) is 3.06. The van der Waals surface area contributed by atoms with Crippen molar-refractivity contribution in [3.05, 3.63) is 71.6 Å². The quantitative estimate of drug-likeness (QED) is 0.815. The number of nitrogens with one attached hydrogen (secondary N) is 1. The van der Waals surface area contributed by atoms with Crippen molar-refractivity contribution in [3.63, 3.8) is 0 Å². The fraction of sp³-hybridized carbons (Fsp3) is 0.304. The fourth-order valence-electron chi connectivity index (χ4n) is 4.41. The minimum absolute atomic E-state index is 0.0416. The van der Waals surface area contributed by atoms with E-state index in [0.29, 0.717) is 12.2 Å². The summed E-state index contributed by atoms with van der Waals surface area (Å²) in [7, 11) is 0. The number of benzene rings is 2. The van der Waals surface area contributed by atoms with Gasteiger partial charge in [0.25, 0.3) is 0 Å². The Labute approximate surface area is 174 Å². The molecular weight excluding hydrogens is 385 g/mol. The summed E-state index contributed by atoms with van der Waals surface area (Å²) in [4.78, 5) is 28.5. The Bertz CT molecular complexity index is 959. The predicted molar refractivity (Wildman–Crippen MR) is 112 cm³/mol. The lowest BCUT2D eigenvalue weighted by Gasteiger charge is -2.58. The number of hydrogen-bond acceptors (Lipinski definition) is 3. The first kappa shape index (κ1) is 20.1. The number of piperazine rings is 1. The molecule has 7 heteroatoms. The van der Waals surface area contributed by atoms with Crippen molar-refractivity contribution >= 4 is 23.7 Å². The highest BCUT2D eigenvalue weighted by molar-refractivity contribution is 5.93. The van der Waals surface area contributed by atoms with Crippen molar-refractivity contribution in [2.75, 3.05) is 25.0 Å². The molecule has 2 N–H and O–H groups in total. The van der Waals surface area contributed by atoms with Gasteiger partial charge in [-0.1, -0.05) is 36.4 Å². The van der Waals surface area contributed by atoms with Gasteiger partial charge in [-0.2, -0.15) is 0 Å². The van der Waals surface area contributed by atoms with E-state index in [1.165, 1.54) is 29.2 Å². The molecule has 0 bridgehead atoms. The summed E-state index contributed by atoms with van der Waals surface area (Å²) in [5.74, 6) is -0.606. The van der Waals surface area contributed by atoms with Crippen LogP contribution in [0.25, 0.3) is 6.08 Å². The molecular formula is C23H24FN3O3. The minimum Gasteiger partial charge on any atom is -0.394 e. The van der Waals surface area contributed by atoms with E-state index in [1.807, 2.05) is 43.3 Å². The Morgan fingerprint density at radius 2 is 1.90 bits per heavy atom. The zero-order chi connectivity index (χ0) is 21.3. The van der Waals surface area contributed by atoms with Crippen LogP contribution in [-0.2, 0) is 4.79 Å². The van der Waals surface area contributed by atoms with Crippen molar-refractivity contribution in [1.82, 2.24) is 9.80 Å². The highest BCUT2D eigenvalue weighted by Gasteiger charge is 2.54. The molecule has 0 saturated carbocycles. The normalized spacial score (nSPS) is 23.3. The first-order valence-electron chi connectivity index (χ1n) is 9.98. The monoisotopic (exact) mass is 409 g/mol. The third-order valence-corrected chi connectivity index (χ3v) is 5.82. The second kappa shape index (κ2) is 8.28. The Balaban J connectivity index is 1.50. The second-order valence-corrected chi connectivity index (χ2v) is 7.63. The van der Waals surface area contributed by atoms with Gasteiger partial charge >= 0.3 is 6.03 Å². The average Bonchev–Trinajstić information content (AvgIpc) is 2.72. The number of halogens is 1. The summed E-state index contributed by atoms with van der Waals surface area (Å²) in [6.45, 7) is 2.16. The maximum atomic E-state index is 13.1. The topological polar surface area (TPSA) is 72.9 Å². The number of carbonyl (C=O) groups is 2. The lowest BCUT2D eigenvalue weighted by molar-refractivity contribution is -0.159. The zero-order valence-electron chi connectivity index (χ0n) is 16.7. The van der Waals surface area contributed by atoms with Gasteiger partial charge in [0.05, 0.1) is 18.7 Å². The Hall–Kier alpha value is -3.19. The highest BCUT2D eigenvalue weighted by atomic mass is 19.1. The third-order valence-electron chi connectivity index (χ3n) is 5.82. The van der Waals surface area contributed by atoms with Crippen LogP contribution in [0.2, 0.25) is 0 Å². The van der Waals surface area contributed by atoms with E-state index < -0.39 is 6.03 Å². The molecule has 0 spiro atoms. The van der Waals surface area contributed by atoms with Crippen LogP contribution in [0, 0.1) is 5.82 Å². The van der Waals surface area contributed by atoms with E-state index in [1.54, 1.807) is 4.90 Å². The van der Waals surface area contributed by atoms with E-state index in [2.05, 4.69) is 5.32 Å². The number of aliphatic hydroxyl groups excluding tert-OH is 1. The number of fused-ring (bicyclic) bond motifs is 1. The van der Waals surface area contributed by atoms with E-state index in [4.69, 9.17) is 0 Å². The van der Waals surface area contributed by atoms with Gasteiger partial charge in [-0.15, -0.1) is 0 Å². The summed E-state index contributed by atoms with van der Waals surface area (Å²) in [5, 5.41) is 12.6. The second-order valence-electron chi connectivity index (χ2n) is 7.63. The first-order chi connectivity index (χ1) is 14.5. The molecule has 0 unspecified atom stereocenters. The summed E-state index contributed by atoms with van der Waals surface area (Å²) < 4.78 is 13.1. The highest BCUT2D eigenvalue weighted by Crippen LogP contribution is 2.43. The number of allylic oxidation sites excluding steroid dienone is 1. The molecule has 156 valence electrons.